The van der Waals surface area contributed by atoms with E-state index in [1.54, 1.807) is 15.8 Å². The molecule has 0 bridgehead atoms. The van der Waals surface area contributed by atoms with Gasteiger partial charge in [-0.05, 0) is 36.4 Å². The average molecular weight is 381 g/mol. The quantitative estimate of drug-likeness (QED) is 0.731. The third-order valence-corrected chi connectivity index (χ3v) is 5.64. The molecule has 2 aromatic heterocycles. The number of carboxylic acids is 1. The molecular formula is C20H19N3O3S. The Morgan fingerprint density at radius 1 is 1.19 bits per heavy atom. The molecule has 0 saturated carbocycles. The van der Waals surface area contributed by atoms with Gasteiger partial charge >= 0.3 is 5.97 Å². The number of benzene rings is 1. The number of carbonyl (C=O) groups excluding carboxylic acids is 1. The summed E-state index contributed by atoms with van der Waals surface area (Å²) in [5.74, 6) is -1.03. The summed E-state index contributed by atoms with van der Waals surface area (Å²) < 4.78 is 1.71. The van der Waals surface area contributed by atoms with Gasteiger partial charge in [0.25, 0.3) is 5.91 Å². The van der Waals surface area contributed by atoms with Crippen molar-refractivity contribution in [3.05, 3.63) is 59.6 Å². The second kappa shape index (κ2) is 7.36. The number of aromatic nitrogens is 2. The van der Waals surface area contributed by atoms with E-state index >= 15 is 0 Å². The first-order valence-corrected chi connectivity index (χ1v) is 9.73. The van der Waals surface area contributed by atoms with Crippen LogP contribution in [0.25, 0.3) is 16.3 Å². The number of aliphatic carboxylic acids is 1. The van der Waals surface area contributed by atoms with E-state index in [9.17, 15) is 9.59 Å². The fraction of sp³-hybridized carbons (Fsp3) is 0.250. The number of carboxylic acid groups (broad SMARTS) is 1. The predicted octanol–water partition coefficient (Wildman–Crippen LogP) is 3.68. The SMILES string of the molecule is O=C(O)CC1CCCN1C(=O)c1cn(-c2ccccc2)nc1-c1cccs1. The molecule has 0 spiro atoms. The molecule has 3 aromatic rings. The molecule has 1 amide bonds. The van der Waals surface area contributed by atoms with Gasteiger partial charge in [-0.25, -0.2) is 4.68 Å². The summed E-state index contributed by atoms with van der Waals surface area (Å²) in [4.78, 5) is 27.0. The zero-order valence-electron chi connectivity index (χ0n) is 14.6. The Hall–Kier alpha value is -2.93. The minimum Gasteiger partial charge on any atom is -0.481 e. The smallest absolute Gasteiger partial charge is 0.305 e. The fourth-order valence-corrected chi connectivity index (χ4v) is 4.23. The molecule has 138 valence electrons. The van der Waals surface area contributed by atoms with Gasteiger partial charge in [-0.2, -0.15) is 5.10 Å². The highest BCUT2D eigenvalue weighted by Crippen LogP contribution is 2.31. The Kier molecular flexibility index (Phi) is 4.77. The van der Waals surface area contributed by atoms with Crippen molar-refractivity contribution in [3.63, 3.8) is 0 Å². The van der Waals surface area contributed by atoms with Crippen molar-refractivity contribution >= 4 is 23.2 Å². The maximum absolute atomic E-state index is 13.3. The first kappa shape index (κ1) is 17.5. The third kappa shape index (κ3) is 3.50. The van der Waals surface area contributed by atoms with Crippen LogP contribution in [0, 0.1) is 0 Å². The van der Waals surface area contributed by atoms with Gasteiger partial charge in [0.2, 0.25) is 0 Å². The Morgan fingerprint density at radius 2 is 2.00 bits per heavy atom. The van der Waals surface area contributed by atoms with E-state index in [1.165, 1.54) is 11.3 Å². The summed E-state index contributed by atoms with van der Waals surface area (Å²) in [6.45, 7) is 0.581. The molecule has 1 unspecified atom stereocenters. The van der Waals surface area contributed by atoms with Crippen molar-refractivity contribution in [1.82, 2.24) is 14.7 Å². The molecule has 3 heterocycles. The molecule has 1 N–H and O–H groups in total. The van der Waals surface area contributed by atoms with Crippen molar-refractivity contribution in [2.24, 2.45) is 0 Å². The second-order valence-corrected chi connectivity index (χ2v) is 7.49. The fourth-order valence-electron chi connectivity index (χ4n) is 3.51. The first-order chi connectivity index (χ1) is 13.1. The summed E-state index contributed by atoms with van der Waals surface area (Å²) >= 11 is 1.53. The van der Waals surface area contributed by atoms with Crippen LogP contribution in [0.2, 0.25) is 0 Å². The number of hydrogen-bond donors (Lipinski definition) is 1. The number of rotatable bonds is 5. The van der Waals surface area contributed by atoms with Crippen molar-refractivity contribution in [3.8, 4) is 16.3 Å². The van der Waals surface area contributed by atoms with Crippen LogP contribution in [0.4, 0.5) is 0 Å². The summed E-state index contributed by atoms with van der Waals surface area (Å²) in [5.41, 5.74) is 2.02. The normalized spacial score (nSPS) is 16.6. The van der Waals surface area contributed by atoms with Crippen molar-refractivity contribution in [1.29, 1.82) is 0 Å². The lowest BCUT2D eigenvalue weighted by atomic mass is 10.1. The van der Waals surface area contributed by atoms with Gasteiger partial charge in [0, 0.05) is 18.8 Å². The van der Waals surface area contributed by atoms with Gasteiger partial charge in [0.15, 0.2) is 0 Å². The molecule has 1 aliphatic heterocycles. The van der Waals surface area contributed by atoms with E-state index in [0.717, 1.165) is 23.4 Å². The second-order valence-electron chi connectivity index (χ2n) is 6.54. The predicted molar refractivity (Wildman–Crippen MR) is 103 cm³/mol. The van der Waals surface area contributed by atoms with E-state index in [1.807, 2.05) is 47.8 Å². The Balaban J connectivity index is 1.73. The molecule has 1 atom stereocenters. The van der Waals surface area contributed by atoms with E-state index in [4.69, 9.17) is 5.11 Å². The van der Waals surface area contributed by atoms with Gasteiger partial charge < -0.3 is 10.0 Å². The standard InChI is InChI=1S/C20H19N3O3S/c24-18(25)12-15-8-4-10-22(15)20(26)16-13-23(14-6-2-1-3-7-14)21-19(16)17-9-5-11-27-17/h1-3,5-7,9,11,13,15H,4,8,10,12H2,(H,24,25). The van der Waals surface area contributed by atoms with E-state index in [-0.39, 0.29) is 18.4 Å². The molecule has 1 aromatic carbocycles. The summed E-state index contributed by atoms with van der Waals surface area (Å²) in [6, 6.07) is 13.3. The number of likely N-dealkylation sites (tertiary alicyclic amines) is 1. The van der Waals surface area contributed by atoms with Gasteiger partial charge in [-0.1, -0.05) is 24.3 Å². The third-order valence-electron chi connectivity index (χ3n) is 4.77. The van der Waals surface area contributed by atoms with E-state index in [0.29, 0.717) is 17.8 Å². The summed E-state index contributed by atoms with van der Waals surface area (Å²) in [5, 5.41) is 15.8. The van der Waals surface area contributed by atoms with Crippen LogP contribution in [0.15, 0.2) is 54.0 Å². The highest BCUT2D eigenvalue weighted by Gasteiger charge is 2.33. The highest BCUT2D eigenvalue weighted by molar-refractivity contribution is 7.13. The lowest BCUT2D eigenvalue weighted by Gasteiger charge is -2.23. The highest BCUT2D eigenvalue weighted by atomic mass is 32.1. The lowest BCUT2D eigenvalue weighted by Crippen LogP contribution is -2.36. The van der Waals surface area contributed by atoms with Gasteiger partial charge in [0.1, 0.15) is 5.69 Å². The average Bonchev–Trinajstić information content (AvgIpc) is 3.41. The Bertz CT molecular complexity index is 950. The van der Waals surface area contributed by atoms with Gasteiger partial charge in [-0.3, -0.25) is 9.59 Å². The topological polar surface area (TPSA) is 75.4 Å². The van der Waals surface area contributed by atoms with E-state index < -0.39 is 5.97 Å². The molecule has 0 aliphatic carbocycles. The van der Waals surface area contributed by atoms with E-state index in [2.05, 4.69) is 5.10 Å². The van der Waals surface area contributed by atoms with Gasteiger partial charge in [-0.15, -0.1) is 11.3 Å². The monoisotopic (exact) mass is 381 g/mol. The summed E-state index contributed by atoms with van der Waals surface area (Å²) in [7, 11) is 0. The first-order valence-electron chi connectivity index (χ1n) is 8.85. The minimum atomic E-state index is -0.877. The van der Waals surface area contributed by atoms with Crippen LogP contribution in [0.1, 0.15) is 29.6 Å². The number of para-hydroxylation sites is 1. The molecular weight excluding hydrogens is 362 g/mol. The summed E-state index contributed by atoms with van der Waals surface area (Å²) in [6.07, 6.45) is 3.28. The number of carbonyl (C=O) groups is 2. The number of nitrogens with zero attached hydrogens (tertiary/aromatic N) is 3. The van der Waals surface area contributed by atoms with Crippen molar-refractivity contribution in [2.75, 3.05) is 6.54 Å². The molecule has 1 fully saturated rings. The molecule has 7 heteroatoms. The Morgan fingerprint density at radius 3 is 2.70 bits per heavy atom. The van der Waals surface area contributed by atoms with Crippen LogP contribution in [0.5, 0.6) is 0 Å². The lowest BCUT2D eigenvalue weighted by molar-refractivity contribution is -0.137. The molecule has 0 radical (unpaired) electrons. The van der Waals surface area contributed by atoms with Gasteiger partial charge in [0.05, 0.1) is 22.5 Å². The molecule has 4 rings (SSSR count). The largest absolute Gasteiger partial charge is 0.481 e. The van der Waals surface area contributed by atoms with Crippen LogP contribution in [0.3, 0.4) is 0 Å². The molecule has 1 aliphatic rings. The maximum Gasteiger partial charge on any atom is 0.305 e. The maximum atomic E-state index is 13.3. The number of hydrogen-bond acceptors (Lipinski definition) is 4. The zero-order chi connectivity index (χ0) is 18.8. The zero-order valence-corrected chi connectivity index (χ0v) is 15.4. The van der Waals surface area contributed by atoms with Crippen molar-refractivity contribution < 1.29 is 14.7 Å². The Labute approximate surface area is 160 Å². The van der Waals surface area contributed by atoms with Crippen LogP contribution in [-0.4, -0.2) is 44.3 Å². The number of thiophene rings is 1. The minimum absolute atomic E-state index is 0.0209. The molecule has 1 saturated heterocycles. The number of amides is 1. The van der Waals surface area contributed by atoms with Crippen molar-refractivity contribution in [2.45, 2.75) is 25.3 Å². The van der Waals surface area contributed by atoms with Crippen LogP contribution in [-0.2, 0) is 4.79 Å². The van der Waals surface area contributed by atoms with Crippen LogP contribution < -0.4 is 0 Å². The molecule has 6 nitrogen and oxygen atoms in total. The molecule has 27 heavy (non-hydrogen) atoms. The van der Waals surface area contributed by atoms with Crippen LogP contribution >= 0.6 is 11.3 Å².